The lowest BCUT2D eigenvalue weighted by molar-refractivity contribution is 0.0600. The van der Waals surface area contributed by atoms with Crippen LogP contribution >= 0.6 is 0 Å². The summed E-state index contributed by atoms with van der Waals surface area (Å²) in [6.07, 6.45) is 2.95. The van der Waals surface area contributed by atoms with Gasteiger partial charge in [-0.1, -0.05) is 24.3 Å². The molecule has 0 N–H and O–H groups in total. The van der Waals surface area contributed by atoms with E-state index in [2.05, 4.69) is 15.0 Å². The summed E-state index contributed by atoms with van der Waals surface area (Å²) < 4.78 is 56.0. The van der Waals surface area contributed by atoms with Crippen LogP contribution in [-0.4, -0.2) is 39.3 Å². The molecule has 0 radical (unpaired) electrons. The van der Waals surface area contributed by atoms with Gasteiger partial charge >= 0.3 is 5.97 Å². The van der Waals surface area contributed by atoms with Gasteiger partial charge in [0.25, 0.3) is 0 Å². The second-order valence-electron chi connectivity index (χ2n) is 10.9. The minimum atomic E-state index is -0.553. The molecule has 0 spiro atoms. The lowest BCUT2D eigenvalue weighted by Crippen LogP contribution is -2.16. The maximum Gasteiger partial charge on any atom is 0.339 e. The number of aromatic nitrogens is 4. The molecule has 44 heavy (non-hydrogen) atoms. The molecule has 1 aliphatic rings. The number of imidazole rings is 1. The maximum absolute atomic E-state index is 15.5. The molecular formula is C33H26F3N5O3. The molecule has 0 amide bonds. The number of alkyl halides is 1. The minimum absolute atomic E-state index is 0.0953. The number of fused-ring (bicyclic) bond motifs is 1. The molecule has 0 bridgehead atoms. The Morgan fingerprint density at radius 3 is 2.55 bits per heavy atom. The van der Waals surface area contributed by atoms with E-state index in [1.165, 1.54) is 31.5 Å². The van der Waals surface area contributed by atoms with Crippen molar-refractivity contribution in [3.63, 3.8) is 0 Å². The van der Waals surface area contributed by atoms with Crippen molar-refractivity contribution < 1.29 is 27.4 Å². The fourth-order valence-electron chi connectivity index (χ4n) is 5.00. The molecule has 0 unspecified atom stereocenters. The van der Waals surface area contributed by atoms with E-state index < -0.39 is 29.7 Å². The summed E-state index contributed by atoms with van der Waals surface area (Å²) in [5.41, 5.74) is 2.49. The van der Waals surface area contributed by atoms with Crippen molar-refractivity contribution >= 4 is 17.1 Å². The fourth-order valence-corrected chi connectivity index (χ4v) is 5.00. The average molecular weight is 598 g/mol. The summed E-state index contributed by atoms with van der Waals surface area (Å²) in [6, 6.07) is 17.4. The van der Waals surface area contributed by atoms with E-state index in [1.54, 1.807) is 36.4 Å². The van der Waals surface area contributed by atoms with Crippen LogP contribution in [-0.2, 0) is 24.3 Å². The van der Waals surface area contributed by atoms with Crippen LogP contribution in [0.15, 0.2) is 66.9 Å². The third-order valence-electron chi connectivity index (χ3n) is 7.82. The molecule has 222 valence electrons. The summed E-state index contributed by atoms with van der Waals surface area (Å²) in [7, 11) is 1.28. The van der Waals surface area contributed by atoms with Crippen LogP contribution < -0.4 is 4.74 Å². The number of halogens is 3. The number of benzene rings is 2. The van der Waals surface area contributed by atoms with Crippen LogP contribution in [0.1, 0.15) is 45.7 Å². The zero-order chi connectivity index (χ0) is 30.8. The minimum Gasteiger partial charge on any atom is -0.473 e. The monoisotopic (exact) mass is 597 g/mol. The SMILES string of the molecule is COC(=O)c1cnc2nc(Cc3ccc(-c4cccc(OCc5ccc(C#N)cc5F)n4)cc3F)n(CC3(CF)CC3)c2c1. The molecule has 8 nitrogen and oxygen atoms in total. The van der Waals surface area contributed by atoms with Crippen molar-refractivity contribution in [1.82, 2.24) is 19.5 Å². The van der Waals surface area contributed by atoms with Crippen LogP contribution in [0.25, 0.3) is 22.4 Å². The molecule has 2 aromatic carbocycles. The largest absolute Gasteiger partial charge is 0.473 e. The molecule has 3 aromatic heterocycles. The van der Waals surface area contributed by atoms with Gasteiger partial charge in [0, 0.05) is 41.8 Å². The van der Waals surface area contributed by atoms with Gasteiger partial charge in [-0.3, -0.25) is 4.39 Å². The van der Waals surface area contributed by atoms with E-state index in [9.17, 15) is 13.6 Å². The van der Waals surface area contributed by atoms with Crippen molar-refractivity contribution in [2.24, 2.45) is 5.41 Å². The standard InChI is InChI=1S/C33H26F3N5O3/c1-43-32(42)24-13-28-31(38-16-24)40-29(41(28)19-33(18-34)9-10-33)14-21-7-8-22(12-26(21)36)27-3-2-4-30(39-27)44-17-23-6-5-20(15-37)11-25(23)35/h2-8,11-13,16H,9-10,14,17-19H2,1H3. The number of carbonyl (C=O) groups excluding carboxylic acids is 1. The highest BCUT2D eigenvalue weighted by atomic mass is 19.1. The van der Waals surface area contributed by atoms with Crippen LogP contribution in [0.4, 0.5) is 13.2 Å². The first-order chi connectivity index (χ1) is 21.3. The number of esters is 1. The van der Waals surface area contributed by atoms with Crippen molar-refractivity contribution in [3.8, 4) is 23.2 Å². The zero-order valence-electron chi connectivity index (χ0n) is 23.7. The molecule has 3 heterocycles. The Labute approximate surface area is 250 Å². The number of hydrogen-bond acceptors (Lipinski definition) is 7. The molecule has 0 aliphatic heterocycles. The Kier molecular flexibility index (Phi) is 7.74. The fraction of sp³-hybridized carbons (Fsp3) is 0.242. The molecule has 5 aromatic rings. The zero-order valence-corrected chi connectivity index (χ0v) is 23.7. The summed E-state index contributed by atoms with van der Waals surface area (Å²) in [5, 5.41) is 8.92. The van der Waals surface area contributed by atoms with Gasteiger partial charge in [-0.05, 0) is 48.7 Å². The molecule has 6 rings (SSSR count). The van der Waals surface area contributed by atoms with Crippen molar-refractivity contribution in [3.05, 3.63) is 107 Å². The normalized spacial score (nSPS) is 13.4. The molecule has 0 atom stereocenters. The van der Waals surface area contributed by atoms with E-state index in [-0.39, 0.29) is 35.6 Å². The summed E-state index contributed by atoms with van der Waals surface area (Å²) in [5.74, 6) is -0.854. The summed E-state index contributed by atoms with van der Waals surface area (Å²) in [4.78, 5) is 25.5. The van der Waals surface area contributed by atoms with Crippen molar-refractivity contribution in [2.45, 2.75) is 32.4 Å². The number of carbonyl (C=O) groups is 1. The Hall–Kier alpha value is -5.24. The number of nitrogens with zero attached hydrogens (tertiary/aromatic N) is 5. The summed E-state index contributed by atoms with van der Waals surface area (Å²) >= 11 is 0. The average Bonchev–Trinajstić information content (AvgIpc) is 3.75. The van der Waals surface area contributed by atoms with Gasteiger partial charge < -0.3 is 14.0 Å². The second kappa shape index (κ2) is 11.8. The molecule has 1 saturated carbocycles. The lowest BCUT2D eigenvalue weighted by atomic mass is 10.0. The van der Waals surface area contributed by atoms with Crippen LogP contribution in [0.2, 0.25) is 0 Å². The topological polar surface area (TPSA) is 103 Å². The molecular weight excluding hydrogens is 571 g/mol. The molecule has 11 heteroatoms. The first-order valence-corrected chi connectivity index (χ1v) is 13.9. The number of nitriles is 1. The van der Waals surface area contributed by atoms with E-state index >= 15 is 4.39 Å². The highest BCUT2D eigenvalue weighted by molar-refractivity contribution is 5.92. The first kappa shape index (κ1) is 28.9. The van der Waals surface area contributed by atoms with Gasteiger partial charge in [0.15, 0.2) is 5.65 Å². The number of pyridine rings is 2. The van der Waals surface area contributed by atoms with Crippen molar-refractivity contribution in [2.75, 3.05) is 13.8 Å². The van der Waals surface area contributed by atoms with Gasteiger partial charge in [0.2, 0.25) is 5.88 Å². The lowest BCUT2D eigenvalue weighted by Gasteiger charge is -2.16. The smallest absolute Gasteiger partial charge is 0.339 e. The maximum atomic E-state index is 15.5. The molecule has 1 aliphatic carbocycles. The molecule has 0 saturated heterocycles. The van der Waals surface area contributed by atoms with E-state index in [0.717, 1.165) is 18.9 Å². The third kappa shape index (κ3) is 5.83. The number of ether oxygens (including phenoxy) is 2. The predicted molar refractivity (Wildman–Crippen MR) is 154 cm³/mol. The van der Waals surface area contributed by atoms with E-state index in [4.69, 9.17) is 14.7 Å². The second-order valence-corrected chi connectivity index (χ2v) is 10.9. The van der Waals surface area contributed by atoms with Crippen LogP contribution in [0, 0.1) is 28.4 Å². The Morgan fingerprint density at radius 2 is 1.84 bits per heavy atom. The van der Waals surface area contributed by atoms with Gasteiger partial charge in [0.1, 0.15) is 24.1 Å². The molecule has 1 fully saturated rings. The highest BCUT2D eigenvalue weighted by Crippen LogP contribution is 2.48. The highest BCUT2D eigenvalue weighted by Gasteiger charge is 2.44. The Morgan fingerprint density at radius 1 is 1.05 bits per heavy atom. The Bertz CT molecular complexity index is 1930. The summed E-state index contributed by atoms with van der Waals surface area (Å²) in [6.45, 7) is -0.246. The number of methoxy groups -OCH3 is 1. The first-order valence-electron chi connectivity index (χ1n) is 13.9. The van der Waals surface area contributed by atoms with Gasteiger partial charge in [-0.25, -0.2) is 28.5 Å². The van der Waals surface area contributed by atoms with E-state index in [0.29, 0.717) is 40.4 Å². The van der Waals surface area contributed by atoms with Crippen LogP contribution in [0.5, 0.6) is 5.88 Å². The van der Waals surface area contributed by atoms with E-state index in [1.807, 2.05) is 10.6 Å². The number of hydrogen-bond donors (Lipinski definition) is 0. The predicted octanol–water partition coefficient (Wildman–Crippen LogP) is 6.35. The number of rotatable bonds is 10. The van der Waals surface area contributed by atoms with Gasteiger partial charge in [-0.2, -0.15) is 5.26 Å². The third-order valence-corrected chi connectivity index (χ3v) is 7.82. The van der Waals surface area contributed by atoms with Gasteiger partial charge in [-0.15, -0.1) is 0 Å². The quantitative estimate of drug-likeness (QED) is 0.173. The van der Waals surface area contributed by atoms with Gasteiger partial charge in [0.05, 0.1) is 42.2 Å². The Balaban J connectivity index is 1.24. The van der Waals surface area contributed by atoms with Crippen LogP contribution in [0.3, 0.4) is 0 Å². The van der Waals surface area contributed by atoms with Crippen molar-refractivity contribution in [1.29, 1.82) is 5.26 Å².